The maximum absolute atomic E-state index is 13.3. The van der Waals surface area contributed by atoms with Crippen molar-refractivity contribution in [3.8, 4) is 11.6 Å². The number of halogens is 4. The van der Waals surface area contributed by atoms with Gasteiger partial charge in [-0.05, 0) is 36.8 Å². The maximum Gasteiger partial charge on any atom is 0.422 e. The quantitative estimate of drug-likeness (QED) is 0.520. The van der Waals surface area contributed by atoms with Crippen LogP contribution in [-0.4, -0.2) is 48.8 Å². The summed E-state index contributed by atoms with van der Waals surface area (Å²) < 4.78 is 69.5. The van der Waals surface area contributed by atoms with Crippen LogP contribution >= 0.6 is 0 Å². The molecule has 0 spiro atoms. The Hall–Kier alpha value is -3.28. The highest BCUT2D eigenvalue weighted by Gasteiger charge is 2.32. The number of benzene rings is 1. The molecule has 12 heteroatoms. The van der Waals surface area contributed by atoms with Crippen molar-refractivity contribution in [1.82, 2.24) is 19.7 Å². The van der Waals surface area contributed by atoms with Crippen molar-refractivity contribution in [1.29, 1.82) is 0 Å². The lowest BCUT2D eigenvalue weighted by Crippen LogP contribution is -2.27. The summed E-state index contributed by atoms with van der Waals surface area (Å²) in [5, 5.41) is 4.42. The van der Waals surface area contributed by atoms with Gasteiger partial charge >= 0.3 is 6.18 Å². The lowest BCUT2D eigenvalue weighted by atomic mass is 10.1. The van der Waals surface area contributed by atoms with E-state index in [1.807, 2.05) is 0 Å². The fourth-order valence-electron chi connectivity index (χ4n) is 3.49. The Kier molecular flexibility index (Phi) is 5.95. The van der Waals surface area contributed by atoms with Gasteiger partial charge in [0.15, 0.2) is 12.4 Å². The monoisotopic (exact) mass is 482 g/mol. The van der Waals surface area contributed by atoms with Crippen LogP contribution < -0.4 is 4.74 Å². The number of amides is 1. The summed E-state index contributed by atoms with van der Waals surface area (Å²) >= 11 is 0. The zero-order valence-electron chi connectivity index (χ0n) is 17.5. The minimum Gasteiger partial charge on any atom is -0.483 e. The Balaban J connectivity index is 1.58. The molecule has 0 fully saturated rings. The van der Waals surface area contributed by atoms with E-state index in [9.17, 15) is 26.6 Å². The fourth-order valence-corrected chi connectivity index (χ4v) is 4.03. The molecule has 0 saturated heterocycles. The van der Waals surface area contributed by atoms with E-state index in [2.05, 4.69) is 10.1 Å². The molecule has 0 aliphatic carbocycles. The number of alkyl halides is 3. The minimum absolute atomic E-state index is 0.110. The van der Waals surface area contributed by atoms with Crippen molar-refractivity contribution in [3.63, 3.8) is 0 Å². The first kappa shape index (κ1) is 22.9. The molecule has 0 bridgehead atoms. The average Bonchev–Trinajstić information content (AvgIpc) is 3.30. The SMILES string of the molecule is Cc1cc(F)cnc1-n1cc2c(n1)CN(C(=O)c1cc(S(C)=O)ccc1OCC(F)(F)F)C2. The molecule has 1 aliphatic heterocycles. The number of carbonyl (C=O) groups excluding carboxylic acids is 1. The predicted molar refractivity (Wildman–Crippen MR) is 110 cm³/mol. The zero-order chi connectivity index (χ0) is 23.9. The second-order valence-electron chi connectivity index (χ2n) is 7.52. The van der Waals surface area contributed by atoms with Gasteiger partial charge in [0.05, 0.1) is 24.0 Å². The molecule has 174 valence electrons. The Labute approximate surface area is 188 Å². The van der Waals surface area contributed by atoms with Crippen molar-refractivity contribution in [3.05, 3.63) is 64.9 Å². The first-order chi connectivity index (χ1) is 15.5. The van der Waals surface area contributed by atoms with Crippen LogP contribution in [0.3, 0.4) is 0 Å². The van der Waals surface area contributed by atoms with Gasteiger partial charge in [0.2, 0.25) is 0 Å². The molecule has 2 aromatic heterocycles. The van der Waals surface area contributed by atoms with Crippen LogP contribution in [0, 0.1) is 12.7 Å². The molecule has 0 radical (unpaired) electrons. The van der Waals surface area contributed by atoms with E-state index >= 15 is 0 Å². The summed E-state index contributed by atoms with van der Waals surface area (Å²) in [5.41, 5.74) is 1.78. The van der Waals surface area contributed by atoms with Crippen LogP contribution in [-0.2, 0) is 23.9 Å². The van der Waals surface area contributed by atoms with Gasteiger partial charge in [-0.15, -0.1) is 0 Å². The van der Waals surface area contributed by atoms with E-state index in [4.69, 9.17) is 4.74 Å². The molecule has 3 heterocycles. The molecular formula is C21H18F4N4O3S. The van der Waals surface area contributed by atoms with Crippen molar-refractivity contribution in [2.24, 2.45) is 0 Å². The third kappa shape index (κ3) is 4.90. The van der Waals surface area contributed by atoms with Crippen LogP contribution in [0.5, 0.6) is 5.75 Å². The molecule has 0 N–H and O–H groups in total. The first-order valence-electron chi connectivity index (χ1n) is 9.68. The van der Waals surface area contributed by atoms with E-state index in [0.29, 0.717) is 17.1 Å². The lowest BCUT2D eigenvalue weighted by Gasteiger charge is -2.19. The van der Waals surface area contributed by atoms with Gasteiger partial charge < -0.3 is 9.64 Å². The summed E-state index contributed by atoms with van der Waals surface area (Å²) in [7, 11) is -1.44. The lowest BCUT2D eigenvalue weighted by molar-refractivity contribution is -0.153. The summed E-state index contributed by atoms with van der Waals surface area (Å²) in [6.07, 6.45) is -0.418. The summed E-state index contributed by atoms with van der Waals surface area (Å²) in [4.78, 5) is 18.9. The predicted octanol–water partition coefficient (Wildman–Crippen LogP) is 3.55. The normalized spacial score (nSPS) is 14.3. The molecule has 1 atom stereocenters. The number of ether oxygens (including phenoxy) is 1. The van der Waals surface area contributed by atoms with Gasteiger partial charge in [0.25, 0.3) is 5.91 Å². The number of rotatable bonds is 5. The van der Waals surface area contributed by atoms with E-state index in [1.54, 1.807) is 13.1 Å². The summed E-state index contributed by atoms with van der Waals surface area (Å²) in [6, 6.07) is 5.19. The van der Waals surface area contributed by atoms with Crippen LogP contribution in [0.2, 0.25) is 0 Å². The number of aryl methyl sites for hydroxylation is 1. The van der Waals surface area contributed by atoms with Gasteiger partial charge in [-0.3, -0.25) is 9.00 Å². The van der Waals surface area contributed by atoms with Gasteiger partial charge in [0, 0.05) is 40.3 Å². The molecule has 3 aromatic rings. The first-order valence-corrected chi connectivity index (χ1v) is 11.2. The standard InChI is InChI=1S/C21H18F4N4O3S/c1-12-5-14(22)7-26-19(12)29-9-13-8-28(10-17(13)27-29)20(30)16-6-15(33(2)31)3-4-18(16)32-11-21(23,24)25/h3-7,9H,8,10-11H2,1-2H3. The van der Waals surface area contributed by atoms with Crippen LogP contribution in [0.1, 0.15) is 27.2 Å². The van der Waals surface area contributed by atoms with E-state index in [1.165, 1.54) is 40.1 Å². The fraction of sp³-hybridized carbons (Fsp3) is 0.286. The average molecular weight is 482 g/mol. The Morgan fingerprint density at radius 2 is 2.00 bits per heavy atom. The molecule has 33 heavy (non-hydrogen) atoms. The number of aromatic nitrogens is 3. The second-order valence-corrected chi connectivity index (χ2v) is 8.90. The van der Waals surface area contributed by atoms with Crippen LogP contribution in [0.4, 0.5) is 17.6 Å². The van der Waals surface area contributed by atoms with Crippen LogP contribution in [0.15, 0.2) is 41.6 Å². The number of hydrogen-bond donors (Lipinski definition) is 0. The number of carbonyl (C=O) groups is 1. The molecular weight excluding hydrogens is 464 g/mol. The Morgan fingerprint density at radius 3 is 2.64 bits per heavy atom. The number of pyridine rings is 1. The van der Waals surface area contributed by atoms with E-state index in [0.717, 1.165) is 11.8 Å². The van der Waals surface area contributed by atoms with E-state index < -0.39 is 35.3 Å². The Bertz CT molecular complexity index is 1240. The maximum atomic E-state index is 13.3. The number of hydrogen-bond acceptors (Lipinski definition) is 5. The molecule has 1 unspecified atom stereocenters. The molecule has 1 aromatic carbocycles. The van der Waals surface area contributed by atoms with Gasteiger partial charge in [-0.2, -0.15) is 18.3 Å². The number of nitrogens with zero attached hydrogens (tertiary/aromatic N) is 4. The van der Waals surface area contributed by atoms with E-state index in [-0.39, 0.29) is 29.3 Å². The zero-order valence-corrected chi connectivity index (χ0v) is 18.3. The van der Waals surface area contributed by atoms with Crippen LogP contribution in [0.25, 0.3) is 5.82 Å². The largest absolute Gasteiger partial charge is 0.483 e. The smallest absolute Gasteiger partial charge is 0.422 e. The second kappa shape index (κ2) is 8.58. The summed E-state index contributed by atoms with van der Waals surface area (Å²) in [6.45, 7) is 0.409. The molecule has 1 aliphatic rings. The topological polar surface area (TPSA) is 77.3 Å². The highest BCUT2D eigenvalue weighted by Crippen LogP contribution is 2.30. The molecule has 4 rings (SSSR count). The van der Waals surface area contributed by atoms with Crippen molar-refractivity contribution in [2.75, 3.05) is 12.9 Å². The van der Waals surface area contributed by atoms with Gasteiger partial charge in [-0.25, -0.2) is 14.1 Å². The highest BCUT2D eigenvalue weighted by atomic mass is 32.2. The third-order valence-electron chi connectivity index (χ3n) is 5.01. The number of fused-ring (bicyclic) bond motifs is 1. The minimum atomic E-state index is -4.58. The molecule has 0 saturated carbocycles. The summed E-state index contributed by atoms with van der Waals surface area (Å²) in [5.74, 6) is -0.830. The van der Waals surface area contributed by atoms with Crippen molar-refractivity contribution in [2.45, 2.75) is 31.1 Å². The molecule has 1 amide bonds. The van der Waals surface area contributed by atoms with Crippen molar-refractivity contribution < 1.29 is 31.3 Å². The third-order valence-corrected chi connectivity index (χ3v) is 5.92. The van der Waals surface area contributed by atoms with Gasteiger partial charge in [0.1, 0.15) is 11.6 Å². The Morgan fingerprint density at radius 1 is 1.24 bits per heavy atom. The van der Waals surface area contributed by atoms with Gasteiger partial charge in [-0.1, -0.05) is 0 Å². The highest BCUT2D eigenvalue weighted by molar-refractivity contribution is 7.84. The van der Waals surface area contributed by atoms with Crippen molar-refractivity contribution >= 4 is 16.7 Å². The molecule has 7 nitrogen and oxygen atoms in total.